The van der Waals surface area contributed by atoms with Gasteiger partial charge in [-0.2, -0.15) is 0 Å². The van der Waals surface area contributed by atoms with Crippen molar-refractivity contribution in [1.82, 2.24) is 0 Å². The third kappa shape index (κ3) is 54.8. The van der Waals surface area contributed by atoms with E-state index in [9.17, 15) is 14.4 Å². The van der Waals surface area contributed by atoms with E-state index >= 15 is 0 Å². The summed E-state index contributed by atoms with van der Waals surface area (Å²) < 4.78 is 16.8. The van der Waals surface area contributed by atoms with Crippen LogP contribution in [-0.4, -0.2) is 37.2 Å². The topological polar surface area (TPSA) is 78.9 Å². The Labute approximate surface area is 423 Å². The van der Waals surface area contributed by atoms with E-state index in [0.29, 0.717) is 19.3 Å². The molecule has 0 fully saturated rings. The summed E-state index contributed by atoms with van der Waals surface area (Å²) in [5.41, 5.74) is 0. The molecule has 0 rings (SSSR count). The van der Waals surface area contributed by atoms with Gasteiger partial charge in [-0.15, -0.1) is 0 Å². The summed E-state index contributed by atoms with van der Waals surface area (Å²) in [6.45, 7) is 6.59. The van der Waals surface area contributed by atoms with Crippen LogP contribution in [-0.2, 0) is 28.6 Å². The Kier molecular flexibility index (Phi) is 55.7. The Morgan fingerprint density at radius 3 is 0.794 bits per heavy atom. The Bertz CT molecular complexity index is 1100. The zero-order valence-corrected chi connectivity index (χ0v) is 45.9. The van der Waals surface area contributed by atoms with Crippen molar-refractivity contribution in [1.29, 1.82) is 0 Å². The highest BCUT2D eigenvalue weighted by Gasteiger charge is 2.19. The molecule has 0 aromatic heterocycles. The molecule has 0 amide bonds. The fraction of sp³-hybridized carbons (Fsp3) is 0.887. The van der Waals surface area contributed by atoms with E-state index in [2.05, 4.69) is 45.1 Å². The Morgan fingerprint density at radius 2 is 0.515 bits per heavy atom. The van der Waals surface area contributed by atoms with Crippen molar-refractivity contribution >= 4 is 17.9 Å². The molecule has 0 bridgehead atoms. The lowest BCUT2D eigenvalue weighted by Crippen LogP contribution is -2.30. The quantitative estimate of drug-likeness (QED) is 0.0262. The average Bonchev–Trinajstić information content (AvgIpc) is 3.34. The summed E-state index contributed by atoms with van der Waals surface area (Å²) in [6, 6.07) is 0. The van der Waals surface area contributed by atoms with E-state index in [-0.39, 0.29) is 31.1 Å². The molecular weight excluding hydrogens is 841 g/mol. The third-order valence-electron chi connectivity index (χ3n) is 13.7. The van der Waals surface area contributed by atoms with Gasteiger partial charge in [-0.1, -0.05) is 276 Å². The van der Waals surface area contributed by atoms with Crippen molar-refractivity contribution in [3.8, 4) is 0 Å². The fourth-order valence-corrected chi connectivity index (χ4v) is 9.09. The van der Waals surface area contributed by atoms with Crippen molar-refractivity contribution in [2.24, 2.45) is 0 Å². The normalized spacial score (nSPS) is 12.1. The number of rotatable bonds is 56. The Hall–Kier alpha value is -2.11. The second-order valence-corrected chi connectivity index (χ2v) is 20.6. The van der Waals surface area contributed by atoms with Gasteiger partial charge in [0, 0.05) is 19.3 Å². The van der Waals surface area contributed by atoms with E-state index in [1.54, 1.807) is 0 Å². The van der Waals surface area contributed by atoms with E-state index in [1.807, 2.05) is 0 Å². The van der Waals surface area contributed by atoms with Crippen LogP contribution >= 0.6 is 0 Å². The first-order valence-electron chi connectivity index (χ1n) is 30.3. The molecule has 68 heavy (non-hydrogen) atoms. The molecule has 0 aliphatic carbocycles. The predicted molar refractivity (Wildman–Crippen MR) is 293 cm³/mol. The summed E-state index contributed by atoms with van der Waals surface area (Å²) in [7, 11) is 0. The maximum atomic E-state index is 12.7. The second-order valence-electron chi connectivity index (χ2n) is 20.6. The molecule has 0 spiro atoms. The standard InChI is InChI=1S/C62H116O6/c1-4-7-10-13-16-19-21-22-23-24-25-26-27-28-29-30-31-32-33-34-35-36-37-38-39-40-41-44-46-49-52-55-61(64)67-58-59(57-66-60(63)54-51-48-45-42-18-15-12-9-6-3)68-62(65)56-53-50-47-43-20-17-14-11-8-5-2/h11,14,24-25,59H,4-10,12-13,15-23,26-58H2,1-3H3/b14-11-,25-24-. The third-order valence-corrected chi connectivity index (χ3v) is 13.7. The van der Waals surface area contributed by atoms with Gasteiger partial charge in [0.05, 0.1) is 0 Å². The van der Waals surface area contributed by atoms with Crippen LogP contribution in [0, 0.1) is 0 Å². The molecule has 400 valence electrons. The van der Waals surface area contributed by atoms with E-state index in [1.165, 1.54) is 218 Å². The zero-order chi connectivity index (χ0) is 49.3. The lowest BCUT2D eigenvalue weighted by Gasteiger charge is -2.18. The molecule has 0 aromatic carbocycles. The van der Waals surface area contributed by atoms with Crippen molar-refractivity contribution in [2.45, 2.75) is 341 Å². The number of unbranched alkanes of at least 4 members (excludes halogenated alkanes) is 41. The first-order chi connectivity index (χ1) is 33.5. The van der Waals surface area contributed by atoms with Gasteiger partial charge in [0.1, 0.15) is 13.2 Å². The molecule has 0 radical (unpaired) electrons. The monoisotopic (exact) mass is 957 g/mol. The highest BCUT2D eigenvalue weighted by atomic mass is 16.6. The molecule has 1 atom stereocenters. The average molecular weight is 958 g/mol. The van der Waals surface area contributed by atoms with Gasteiger partial charge in [-0.3, -0.25) is 14.4 Å². The molecule has 0 saturated carbocycles. The number of allylic oxidation sites excluding steroid dienone is 4. The number of hydrogen-bond acceptors (Lipinski definition) is 6. The molecule has 1 unspecified atom stereocenters. The second kappa shape index (κ2) is 57.5. The first kappa shape index (κ1) is 65.9. The maximum Gasteiger partial charge on any atom is 0.306 e. The van der Waals surface area contributed by atoms with Gasteiger partial charge in [-0.25, -0.2) is 0 Å². The van der Waals surface area contributed by atoms with Crippen LogP contribution in [0.2, 0.25) is 0 Å². The smallest absolute Gasteiger partial charge is 0.306 e. The summed E-state index contributed by atoms with van der Waals surface area (Å²) in [5, 5.41) is 0. The Morgan fingerprint density at radius 1 is 0.279 bits per heavy atom. The van der Waals surface area contributed by atoms with Crippen LogP contribution in [0.4, 0.5) is 0 Å². The van der Waals surface area contributed by atoms with E-state index in [0.717, 1.165) is 77.0 Å². The summed E-state index contributed by atoms with van der Waals surface area (Å²) in [6.07, 6.45) is 67.9. The number of carbonyl (C=O) groups excluding carboxylic acids is 3. The number of esters is 3. The van der Waals surface area contributed by atoms with Crippen LogP contribution in [0.1, 0.15) is 335 Å². The Balaban J connectivity index is 3.95. The van der Waals surface area contributed by atoms with Crippen LogP contribution < -0.4 is 0 Å². The molecule has 6 nitrogen and oxygen atoms in total. The minimum atomic E-state index is -0.768. The van der Waals surface area contributed by atoms with Crippen molar-refractivity contribution in [2.75, 3.05) is 13.2 Å². The molecule has 0 aliphatic heterocycles. The lowest BCUT2D eigenvalue weighted by molar-refractivity contribution is -0.167. The molecule has 0 saturated heterocycles. The molecule has 6 heteroatoms. The van der Waals surface area contributed by atoms with Crippen molar-refractivity contribution in [3.05, 3.63) is 24.3 Å². The summed E-state index contributed by atoms with van der Waals surface area (Å²) in [5.74, 6) is -0.867. The van der Waals surface area contributed by atoms with Crippen molar-refractivity contribution < 1.29 is 28.6 Å². The zero-order valence-electron chi connectivity index (χ0n) is 45.9. The van der Waals surface area contributed by atoms with E-state index < -0.39 is 6.10 Å². The molecular formula is C62H116O6. The maximum absolute atomic E-state index is 12.7. The van der Waals surface area contributed by atoms with Crippen LogP contribution in [0.5, 0.6) is 0 Å². The number of hydrogen-bond donors (Lipinski definition) is 0. The minimum absolute atomic E-state index is 0.0699. The lowest BCUT2D eigenvalue weighted by atomic mass is 10.0. The van der Waals surface area contributed by atoms with Gasteiger partial charge in [0.15, 0.2) is 6.10 Å². The number of carbonyl (C=O) groups is 3. The molecule has 0 aromatic rings. The van der Waals surface area contributed by atoms with Gasteiger partial charge in [0.25, 0.3) is 0 Å². The van der Waals surface area contributed by atoms with Crippen LogP contribution in [0.3, 0.4) is 0 Å². The van der Waals surface area contributed by atoms with Gasteiger partial charge >= 0.3 is 17.9 Å². The minimum Gasteiger partial charge on any atom is -0.462 e. The largest absolute Gasteiger partial charge is 0.462 e. The van der Waals surface area contributed by atoms with Gasteiger partial charge in [0.2, 0.25) is 0 Å². The summed E-state index contributed by atoms with van der Waals surface area (Å²) in [4.78, 5) is 37.9. The predicted octanol–water partition coefficient (Wildman–Crippen LogP) is 20.3. The fourth-order valence-electron chi connectivity index (χ4n) is 9.09. The summed E-state index contributed by atoms with van der Waals surface area (Å²) >= 11 is 0. The van der Waals surface area contributed by atoms with Gasteiger partial charge in [-0.05, 0) is 64.2 Å². The van der Waals surface area contributed by atoms with Crippen LogP contribution in [0.25, 0.3) is 0 Å². The molecule has 0 heterocycles. The SMILES string of the molecule is CCC/C=C\CCCCCCCC(=O)OC(COC(=O)CCCCCCCCCCC)COC(=O)CCCCCCCCCCCCCCCCCCCCC/C=C\CCCCCCCCCC. The molecule has 0 N–H and O–H groups in total. The van der Waals surface area contributed by atoms with Gasteiger partial charge < -0.3 is 14.2 Å². The van der Waals surface area contributed by atoms with Crippen LogP contribution in [0.15, 0.2) is 24.3 Å². The number of ether oxygens (including phenoxy) is 3. The highest BCUT2D eigenvalue weighted by molar-refractivity contribution is 5.71. The molecule has 0 aliphatic rings. The van der Waals surface area contributed by atoms with E-state index in [4.69, 9.17) is 14.2 Å². The van der Waals surface area contributed by atoms with Crippen molar-refractivity contribution in [3.63, 3.8) is 0 Å². The highest BCUT2D eigenvalue weighted by Crippen LogP contribution is 2.17. The first-order valence-corrected chi connectivity index (χ1v) is 30.3.